The lowest BCUT2D eigenvalue weighted by Crippen LogP contribution is -2.20. The van der Waals surface area contributed by atoms with Crippen molar-refractivity contribution in [1.29, 1.82) is 0 Å². The molecular formula is C15H17ClN4O. The van der Waals surface area contributed by atoms with Crippen LogP contribution in [-0.2, 0) is 6.54 Å². The fourth-order valence-electron chi connectivity index (χ4n) is 1.98. The number of benzene rings is 1. The quantitative estimate of drug-likeness (QED) is 0.343. The molecule has 4 N–H and O–H groups in total. The summed E-state index contributed by atoms with van der Waals surface area (Å²) in [6.45, 7) is 2.67. The Balaban J connectivity index is 2.05. The smallest absolute Gasteiger partial charge is 0.188 e. The van der Waals surface area contributed by atoms with Crippen LogP contribution in [0.2, 0.25) is 5.02 Å². The van der Waals surface area contributed by atoms with Crippen molar-refractivity contribution in [3.8, 4) is 0 Å². The number of hydrogen-bond donors (Lipinski definition) is 3. The highest BCUT2D eigenvalue weighted by molar-refractivity contribution is 6.31. The lowest BCUT2D eigenvalue weighted by molar-refractivity contribution is 0.318. The third-order valence-corrected chi connectivity index (χ3v) is 3.52. The van der Waals surface area contributed by atoms with Crippen molar-refractivity contribution in [1.82, 2.24) is 10.3 Å². The molecule has 1 aromatic carbocycles. The average Bonchev–Trinajstić information content (AvgIpc) is 2.52. The van der Waals surface area contributed by atoms with Gasteiger partial charge in [0.2, 0.25) is 0 Å². The lowest BCUT2D eigenvalue weighted by Gasteiger charge is -2.15. The lowest BCUT2D eigenvalue weighted by atomic mass is 10.1. The molecular weight excluding hydrogens is 288 g/mol. The highest BCUT2D eigenvalue weighted by Gasteiger charge is 2.09. The van der Waals surface area contributed by atoms with Crippen molar-refractivity contribution >= 4 is 17.4 Å². The minimum Gasteiger partial charge on any atom is -0.409 e. The number of amidine groups is 1. The summed E-state index contributed by atoms with van der Waals surface area (Å²) in [4.78, 5) is 4.04. The van der Waals surface area contributed by atoms with E-state index in [0.717, 1.165) is 16.1 Å². The molecule has 1 heterocycles. The standard InChI is InChI=1S/C15H17ClN4O/c1-10(12-4-2-3-5-13(12)16)19-9-11-6-7-18-14(8-11)15(17)20-21/h2-8,10,19,21H,9H2,1H3,(H2,17,20). The molecule has 0 saturated heterocycles. The van der Waals surface area contributed by atoms with Gasteiger partial charge in [-0.1, -0.05) is 35.0 Å². The number of halogens is 1. The molecule has 0 fully saturated rings. The van der Waals surface area contributed by atoms with Gasteiger partial charge in [-0.05, 0) is 36.2 Å². The van der Waals surface area contributed by atoms with Crippen molar-refractivity contribution in [2.45, 2.75) is 19.5 Å². The second-order valence-electron chi connectivity index (χ2n) is 4.66. The average molecular weight is 305 g/mol. The third kappa shape index (κ3) is 3.93. The van der Waals surface area contributed by atoms with Crippen LogP contribution in [0.15, 0.2) is 47.8 Å². The van der Waals surface area contributed by atoms with Crippen molar-refractivity contribution in [2.24, 2.45) is 10.9 Å². The largest absolute Gasteiger partial charge is 0.409 e. The number of hydrogen-bond acceptors (Lipinski definition) is 4. The Hall–Kier alpha value is -2.11. The molecule has 5 nitrogen and oxygen atoms in total. The molecule has 0 aliphatic rings. The summed E-state index contributed by atoms with van der Waals surface area (Å²) in [5.74, 6) is -0.00370. The Kier molecular flexibility index (Phi) is 5.14. The maximum absolute atomic E-state index is 8.67. The minimum absolute atomic E-state index is 0.00370. The number of oxime groups is 1. The van der Waals surface area contributed by atoms with E-state index in [1.807, 2.05) is 37.3 Å². The zero-order chi connectivity index (χ0) is 15.2. The van der Waals surface area contributed by atoms with Gasteiger partial charge in [0, 0.05) is 23.8 Å². The molecule has 0 aliphatic heterocycles. The van der Waals surface area contributed by atoms with E-state index in [-0.39, 0.29) is 11.9 Å². The van der Waals surface area contributed by atoms with E-state index in [4.69, 9.17) is 22.5 Å². The van der Waals surface area contributed by atoms with Gasteiger partial charge in [0.25, 0.3) is 0 Å². The topological polar surface area (TPSA) is 83.5 Å². The number of pyridine rings is 1. The fourth-order valence-corrected chi connectivity index (χ4v) is 2.28. The minimum atomic E-state index is -0.00370. The van der Waals surface area contributed by atoms with Crippen molar-refractivity contribution in [2.75, 3.05) is 0 Å². The molecule has 0 radical (unpaired) electrons. The van der Waals surface area contributed by atoms with Crippen LogP contribution >= 0.6 is 11.6 Å². The first-order valence-electron chi connectivity index (χ1n) is 6.52. The Morgan fingerprint density at radius 2 is 2.19 bits per heavy atom. The van der Waals surface area contributed by atoms with Gasteiger partial charge < -0.3 is 16.3 Å². The molecule has 2 rings (SSSR count). The highest BCUT2D eigenvalue weighted by Crippen LogP contribution is 2.22. The molecule has 0 amide bonds. The number of nitrogens with two attached hydrogens (primary N) is 1. The van der Waals surface area contributed by atoms with Crippen LogP contribution in [-0.4, -0.2) is 16.0 Å². The Labute approximate surface area is 128 Å². The summed E-state index contributed by atoms with van der Waals surface area (Å²) in [7, 11) is 0. The van der Waals surface area contributed by atoms with E-state index >= 15 is 0 Å². The third-order valence-electron chi connectivity index (χ3n) is 3.18. The second kappa shape index (κ2) is 7.06. The van der Waals surface area contributed by atoms with E-state index in [1.165, 1.54) is 0 Å². The van der Waals surface area contributed by atoms with Crippen LogP contribution < -0.4 is 11.1 Å². The predicted octanol–water partition coefficient (Wildman–Crippen LogP) is 2.68. The molecule has 21 heavy (non-hydrogen) atoms. The van der Waals surface area contributed by atoms with Crippen molar-refractivity contribution in [3.63, 3.8) is 0 Å². The highest BCUT2D eigenvalue weighted by atomic mass is 35.5. The molecule has 110 valence electrons. The second-order valence-corrected chi connectivity index (χ2v) is 5.07. The molecule has 0 bridgehead atoms. The molecule has 2 aromatic rings. The first-order chi connectivity index (χ1) is 10.1. The molecule has 1 aromatic heterocycles. The molecule has 0 spiro atoms. The summed E-state index contributed by atoms with van der Waals surface area (Å²) in [6, 6.07) is 11.5. The summed E-state index contributed by atoms with van der Waals surface area (Å²) in [5, 5.41) is 15.7. The van der Waals surface area contributed by atoms with E-state index in [1.54, 1.807) is 12.3 Å². The monoisotopic (exact) mass is 304 g/mol. The van der Waals surface area contributed by atoms with Gasteiger partial charge in [-0.3, -0.25) is 4.98 Å². The summed E-state index contributed by atoms with van der Waals surface area (Å²) >= 11 is 6.18. The first kappa shape index (κ1) is 15.3. The van der Waals surface area contributed by atoms with Crippen LogP contribution in [0.4, 0.5) is 0 Å². The van der Waals surface area contributed by atoms with Crippen LogP contribution in [0, 0.1) is 0 Å². The fraction of sp³-hybridized carbons (Fsp3) is 0.200. The zero-order valence-corrected chi connectivity index (χ0v) is 12.4. The van der Waals surface area contributed by atoms with Gasteiger partial charge in [0.05, 0.1) is 0 Å². The van der Waals surface area contributed by atoms with Crippen molar-refractivity contribution < 1.29 is 5.21 Å². The Morgan fingerprint density at radius 1 is 1.43 bits per heavy atom. The number of nitrogens with zero attached hydrogens (tertiary/aromatic N) is 2. The number of rotatable bonds is 5. The SMILES string of the molecule is CC(NCc1ccnc(C(N)=NO)c1)c1ccccc1Cl. The predicted molar refractivity (Wildman–Crippen MR) is 83.5 cm³/mol. The first-order valence-corrected chi connectivity index (χ1v) is 6.90. The van der Waals surface area contributed by atoms with Gasteiger partial charge in [0.15, 0.2) is 5.84 Å². The van der Waals surface area contributed by atoms with Gasteiger partial charge in [-0.25, -0.2) is 0 Å². The van der Waals surface area contributed by atoms with Gasteiger partial charge in [-0.2, -0.15) is 0 Å². The summed E-state index contributed by atoms with van der Waals surface area (Å²) in [5.41, 5.74) is 8.01. The molecule has 6 heteroatoms. The van der Waals surface area contributed by atoms with Gasteiger partial charge in [0.1, 0.15) is 5.69 Å². The van der Waals surface area contributed by atoms with Gasteiger partial charge in [-0.15, -0.1) is 0 Å². The Bertz CT molecular complexity index is 645. The molecule has 0 saturated carbocycles. The zero-order valence-electron chi connectivity index (χ0n) is 11.6. The van der Waals surface area contributed by atoms with Crippen LogP contribution in [0.3, 0.4) is 0 Å². The summed E-state index contributed by atoms with van der Waals surface area (Å²) < 4.78 is 0. The maximum Gasteiger partial charge on any atom is 0.188 e. The number of aromatic nitrogens is 1. The van der Waals surface area contributed by atoms with Gasteiger partial charge >= 0.3 is 0 Å². The summed E-state index contributed by atoms with van der Waals surface area (Å²) in [6.07, 6.45) is 1.63. The van der Waals surface area contributed by atoms with Crippen molar-refractivity contribution in [3.05, 3.63) is 64.4 Å². The Morgan fingerprint density at radius 3 is 2.90 bits per heavy atom. The molecule has 1 atom stereocenters. The van der Waals surface area contributed by atoms with Crippen LogP contribution in [0.25, 0.3) is 0 Å². The van der Waals surface area contributed by atoms with Crippen LogP contribution in [0.1, 0.15) is 29.8 Å². The van der Waals surface area contributed by atoms with E-state index in [2.05, 4.69) is 15.5 Å². The normalized spacial score (nSPS) is 13.1. The van der Waals surface area contributed by atoms with Crippen LogP contribution in [0.5, 0.6) is 0 Å². The van der Waals surface area contributed by atoms with E-state index in [0.29, 0.717) is 12.2 Å². The van der Waals surface area contributed by atoms with E-state index < -0.39 is 0 Å². The number of nitrogens with one attached hydrogen (secondary N) is 1. The maximum atomic E-state index is 8.67. The molecule has 0 aliphatic carbocycles. The van der Waals surface area contributed by atoms with E-state index in [9.17, 15) is 0 Å². The molecule has 1 unspecified atom stereocenters.